The summed E-state index contributed by atoms with van der Waals surface area (Å²) in [7, 11) is 0. The highest BCUT2D eigenvalue weighted by Gasteiger charge is 2.43. The van der Waals surface area contributed by atoms with Crippen molar-refractivity contribution in [2.45, 2.75) is 43.5 Å². The molecule has 0 spiro atoms. The molecule has 0 bridgehead atoms. The Labute approximate surface area is 202 Å². The maximum Gasteiger partial charge on any atom is 0.417 e. The Kier molecular flexibility index (Phi) is 7.61. The van der Waals surface area contributed by atoms with E-state index in [-0.39, 0.29) is 29.8 Å². The minimum absolute atomic E-state index is 0.0201. The maximum absolute atomic E-state index is 13.6. The van der Waals surface area contributed by atoms with E-state index in [0.717, 1.165) is 12.1 Å². The van der Waals surface area contributed by atoms with Gasteiger partial charge in [0.15, 0.2) is 6.04 Å². The quantitative estimate of drug-likeness (QED) is 0.338. The first-order valence-corrected chi connectivity index (χ1v) is 10.4. The van der Waals surface area contributed by atoms with Crippen LogP contribution in [0.1, 0.15) is 51.5 Å². The summed E-state index contributed by atoms with van der Waals surface area (Å²) in [6.45, 7) is 0. The second kappa shape index (κ2) is 10.1. The minimum Gasteiger partial charge on any atom is -0.349 e. The molecule has 37 heavy (non-hydrogen) atoms. The van der Waals surface area contributed by atoms with Crippen molar-refractivity contribution in [3.8, 4) is 0 Å². The Morgan fingerprint density at radius 2 is 1.54 bits per heavy atom. The summed E-state index contributed by atoms with van der Waals surface area (Å²) >= 11 is 0. The van der Waals surface area contributed by atoms with Gasteiger partial charge in [-0.3, -0.25) is 9.59 Å². The Hall–Kier alpha value is -3.58. The molecule has 1 atom stereocenters. The SMILES string of the molecule is O=C(C=Cc1ccc(C(=O)NC2CC2)c(C(F)(F)F)c1)NC(c1cc(F)cc(C(F)(F)F)c1)C(F)(F)F. The van der Waals surface area contributed by atoms with Crippen molar-refractivity contribution in [1.82, 2.24) is 10.6 Å². The largest absolute Gasteiger partial charge is 0.417 e. The standard InChI is InChI=1S/C23H16F10N2O2/c24-14-9-12(8-13(10-14)21(25,26)27)19(23(31,32)33)35-18(36)6-2-11-1-5-16(17(7-11)22(28,29)30)20(37)34-15-3-4-15/h1-2,5-10,15,19H,3-4H2,(H,34,37)(H,35,36). The highest BCUT2D eigenvalue weighted by atomic mass is 19.4. The molecule has 4 nitrogen and oxygen atoms in total. The monoisotopic (exact) mass is 542 g/mol. The first kappa shape index (κ1) is 28.0. The van der Waals surface area contributed by atoms with Gasteiger partial charge in [-0.1, -0.05) is 6.07 Å². The third-order valence-electron chi connectivity index (χ3n) is 5.13. The van der Waals surface area contributed by atoms with Crippen LogP contribution in [0.3, 0.4) is 0 Å². The van der Waals surface area contributed by atoms with Crippen molar-refractivity contribution in [2.24, 2.45) is 0 Å². The molecule has 0 aliphatic heterocycles. The molecule has 2 aromatic carbocycles. The van der Waals surface area contributed by atoms with Gasteiger partial charge in [-0.05, 0) is 60.4 Å². The second-order valence-electron chi connectivity index (χ2n) is 8.14. The van der Waals surface area contributed by atoms with Crippen LogP contribution in [0.4, 0.5) is 43.9 Å². The van der Waals surface area contributed by atoms with Gasteiger partial charge in [0.25, 0.3) is 5.91 Å². The first-order valence-electron chi connectivity index (χ1n) is 10.4. The fourth-order valence-corrected chi connectivity index (χ4v) is 3.25. The number of hydrogen-bond acceptors (Lipinski definition) is 2. The fraction of sp³-hybridized carbons (Fsp3) is 0.304. The highest BCUT2D eigenvalue weighted by Crippen LogP contribution is 2.37. The van der Waals surface area contributed by atoms with E-state index in [1.54, 1.807) is 0 Å². The van der Waals surface area contributed by atoms with Crippen molar-refractivity contribution < 1.29 is 53.5 Å². The Morgan fingerprint density at radius 1 is 0.892 bits per heavy atom. The molecule has 1 fully saturated rings. The smallest absolute Gasteiger partial charge is 0.349 e. The maximum atomic E-state index is 13.6. The number of benzene rings is 2. The van der Waals surface area contributed by atoms with Crippen LogP contribution < -0.4 is 10.6 Å². The third kappa shape index (κ3) is 7.46. The molecule has 0 radical (unpaired) electrons. The molecule has 1 saturated carbocycles. The molecule has 1 aliphatic rings. The lowest BCUT2D eigenvalue weighted by molar-refractivity contribution is -0.162. The molecule has 0 heterocycles. The van der Waals surface area contributed by atoms with E-state index in [2.05, 4.69) is 5.32 Å². The average Bonchev–Trinajstić information content (AvgIpc) is 3.57. The van der Waals surface area contributed by atoms with Crippen LogP contribution >= 0.6 is 0 Å². The summed E-state index contributed by atoms with van der Waals surface area (Å²) < 4.78 is 133. The molecule has 0 saturated heterocycles. The molecule has 0 aromatic heterocycles. The van der Waals surface area contributed by atoms with E-state index in [9.17, 15) is 53.5 Å². The zero-order valence-corrected chi connectivity index (χ0v) is 18.3. The third-order valence-corrected chi connectivity index (χ3v) is 5.13. The minimum atomic E-state index is -5.35. The highest BCUT2D eigenvalue weighted by molar-refractivity contribution is 5.97. The van der Waals surface area contributed by atoms with Crippen LogP contribution in [-0.2, 0) is 17.1 Å². The zero-order valence-electron chi connectivity index (χ0n) is 18.3. The summed E-state index contributed by atoms with van der Waals surface area (Å²) in [5, 5.41) is 3.78. The van der Waals surface area contributed by atoms with E-state index >= 15 is 0 Å². The number of carbonyl (C=O) groups excluding carboxylic acids is 2. The molecule has 1 aliphatic carbocycles. The summed E-state index contributed by atoms with van der Waals surface area (Å²) in [6.07, 6.45) is -13.1. The average molecular weight is 542 g/mol. The van der Waals surface area contributed by atoms with Crippen LogP contribution in [0.25, 0.3) is 6.08 Å². The number of halogens is 10. The van der Waals surface area contributed by atoms with Gasteiger partial charge in [-0.15, -0.1) is 0 Å². The van der Waals surface area contributed by atoms with Gasteiger partial charge in [0, 0.05) is 12.1 Å². The van der Waals surface area contributed by atoms with Crippen LogP contribution in [0.15, 0.2) is 42.5 Å². The zero-order chi connectivity index (χ0) is 27.8. The lowest BCUT2D eigenvalue weighted by atomic mass is 10.0. The number of carbonyl (C=O) groups is 2. The van der Waals surface area contributed by atoms with Crippen molar-refractivity contribution in [1.29, 1.82) is 0 Å². The van der Waals surface area contributed by atoms with Crippen LogP contribution in [0.5, 0.6) is 0 Å². The molecule has 2 aromatic rings. The van der Waals surface area contributed by atoms with E-state index in [1.807, 2.05) is 0 Å². The Morgan fingerprint density at radius 3 is 2.08 bits per heavy atom. The number of amides is 2. The van der Waals surface area contributed by atoms with Gasteiger partial charge in [-0.2, -0.15) is 39.5 Å². The number of nitrogens with one attached hydrogen (secondary N) is 2. The summed E-state index contributed by atoms with van der Waals surface area (Å²) in [6, 6.07) is -0.762. The topological polar surface area (TPSA) is 58.2 Å². The van der Waals surface area contributed by atoms with E-state index in [0.29, 0.717) is 31.1 Å². The van der Waals surface area contributed by atoms with Crippen LogP contribution in [0, 0.1) is 5.82 Å². The van der Waals surface area contributed by atoms with Crippen molar-refractivity contribution in [2.75, 3.05) is 0 Å². The molecule has 14 heteroatoms. The van der Waals surface area contributed by atoms with Gasteiger partial charge < -0.3 is 10.6 Å². The summed E-state index contributed by atoms with van der Waals surface area (Å²) in [4.78, 5) is 24.2. The van der Waals surface area contributed by atoms with Gasteiger partial charge in [0.2, 0.25) is 5.91 Å². The van der Waals surface area contributed by atoms with Gasteiger partial charge >= 0.3 is 18.5 Å². The number of rotatable bonds is 6. The van der Waals surface area contributed by atoms with E-state index in [1.165, 1.54) is 5.32 Å². The molecule has 3 rings (SSSR count). The Balaban J connectivity index is 1.85. The number of hydrogen-bond donors (Lipinski definition) is 2. The lowest BCUT2D eigenvalue weighted by Crippen LogP contribution is -2.37. The van der Waals surface area contributed by atoms with Gasteiger partial charge in [0.05, 0.1) is 16.7 Å². The van der Waals surface area contributed by atoms with Crippen molar-refractivity contribution in [3.05, 3.63) is 76.1 Å². The van der Waals surface area contributed by atoms with Gasteiger partial charge in [0.1, 0.15) is 5.82 Å². The normalized spacial score (nSPS) is 15.5. The van der Waals surface area contributed by atoms with E-state index < -0.39 is 64.5 Å². The molecular formula is C23H16F10N2O2. The van der Waals surface area contributed by atoms with E-state index in [4.69, 9.17) is 0 Å². The number of alkyl halides is 9. The summed E-state index contributed by atoms with van der Waals surface area (Å²) in [5.74, 6) is -4.14. The Bertz CT molecular complexity index is 1210. The molecular weight excluding hydrogens is 526 g/mol. The molecule has 2 amide bonds. The molecule has 200 valence electrons. The first-order chi connectivity index (χ1) is 16.9. The predicted molar refractivity (Wildman–Crippen MR) is 109 cm³/mol. The van der Waals surface area contributed by atoms with Crippen molar-refractivity contribution in [3.63, 3.8) is 0 Å². The second-order valence-corrected chi connectivity index (χ2v) is 8.14. The van der Waals surface area contributed by atoms with Crippen LogP contribution in [-0.4, -0.2) is 24.0 Å². The van der Waals surface area contributed by atoms with Crippen molar-refractivity contribution >= 4 is 17.9 Å². The van der Waals surface area contributed by atoms with Crippen LogP contribution in [0.2, 0.25) is 0 Å². The lowest BCUT2D eigenvalue weighted by Gasteiger charge is -2.22. The molecule has 1 unspecified atom stereocenters. The fourth-order valence-electron chi connectivity index (χ4n) is 3.25. The predicted octanol–water partition coefficient (Wildman–Crippen LogP) is 6.19. The summed E-state index contributed by atoms with van der Waals surface area (Å²) in [5.41, 5.74) is -5.30. The molecule has 2 N–H and O–H groups in total. The van der Waals surface area contributed by atoms with Gasteiger partial charge in [-0.25, -0.2) is 4.39 Å².